The van der Waals surface area contributed by atoms with Gasteiger partial charge in [0.15, 0.2) is 5.82 Å². The maximum absolute atomic E-state index is 5.92. The number of nitrogen functional groups attached to an aromatic ring is 1. The highest BCUT2D eigenvalue weighted by atomic mass is 79.9. The Kier molecular flexibility index (Phi) is 4.20. The van der Waals surface area contributed by atoms with Crippen LogP contribution in [0.25, 0.3) is 0 Å². The van der Waals surface area contributed by atoms with E-state index in [-0.39, 0.29) is 5.41 Å². The van der Waals surface area contributed by atoms with Crippen molar-refractivity contribution in [2.24, 2.45) is 0 Å². The Morgan fingerprint density at radius 2 is 2.11 bits per heavy atom. The molecule has 0 saturated heterocycles. The Balaban J connectivity index is 2.06. The van der Waals surface area contributed by atoms with Crippen molar-refractivity contribution in [2.75, 3.05) is 5.73 Å². The van der Waals surface area contributed by atoms with Crippen LogP contribution in [0.5, 0.6) is 0 Å². The van der Waals surface area contributed by atoms with E-state index in [1.54, 1.807) is 11.8 Å². The number of benzene rings is 1. The first-order valence-electron chi connectivity index (χ1n) is 5.87. The van der Waals surface area contributed by atoms with Crippen LogP contribution in [0.2, 0.25) is 0 Å². The molecule has 0 aliphatic carbocycles. The summed E-state index contributed by atoms with van der Waals surface area (Å²) < 4.78 is 6.26. The lowest BCUT2D eigenvalue weighted by Crippen LogP contribution is -2.11. The lowest BCUT2D eigenvalue weighted by atomic mass is 9.97. The van der Waals surface area contributed by atoms with E-state index in [1.165, 1.54) is 0 Å². The third-order valence-electron chi connectivity index (χ3n) is 2.44. The third-order valence-corrected chi connectivity index (χ3v) is 4.00. The fourth-order valence-electron chi connectivity index (χ4n) is 1.39. The van der Waals surface area contributed by atoms with E-state index in [4.69, 9.17) is 10.3 Å². The van der Waals surface area contributed by atoms with Gasteiger partial charge in [-0.15, -0.1) is 11.8 Å². The van der Waals surface area contributed by atoms with Crippen LogP contribution >= 0.6 is 27.7 Å². The van der Waals surface area contributed by atoms with Gasteiger partial charge in [0.2, 0.25) is 5.89 Å². The summed E-state index contributed by atoms with van der Waals surface area (Å²) in [5.41, 5.74) is 6.56. The number of thioether (sulfide) groups is 1. The number of hydrogen-bond donors (Lipinski definition) is 1. The van der Waals surface area contributed by atoms with Gasteiger partial charge in [0, 0.05) is 20.5 Å². The molecule has 19 heavy (non-hydrogen) atoms. The zero-order valence-electron chi connectivity index (χ0n) is 11.1. The standard InChI is InChI=1S/C13H16BrN3OS/c1-13(2,3)12-16-11(17-18-12)7-19-10-6-8(14)4-5-9(10)15/h4-6H,7,15H2,1-3H3. The molecule has 2 aromatic rings. The summed E-state index contributed by atoms with van der Waals surface area (Å²) >= 11 is 5.03. The molecule has 1 aromatic heterocycles. The Hall–Kier alpha value is -1.01. The van der Waals surface area contributed by atoms with Crippen molar-refractivity contribution < 1.29 is 4.52 Å². The Morgan fingerprint density at radius 3 is 2.74 bits per heavy atom. The molecule has 2 rings (SSSR count). The van der Waals surface area contributed by atoms with Gasteiger partial charge in [-0.1, -0.05) is 41.9 Å². The van der Waals surface area contributed by atoms with E-state index >= 15 is 0 Å². The summed E-state index contributed by atoms with van der Waals surface area (Å²) in [7, 11) is 0. The minimum atomic E-state index is -0.120. The SMILES string of the molecule is CC(C)(C)c1nc(CSc2cc(Br)ccc2N)no1. The Labute approximate surface area is 125 Å². The van der Waals surface area contributed by atoms with Gasteiger partial charge in [-0.25, -0.2) is 0 Å². The minimum Gasteiger partial charge on any atom is -0.398 e. The molecule has 0 atom stereocenters. The highest BCUT2D eigenvalue weighted by Gasteiger charge is 2.21. The number of nitrogens with two attached hydrogens (primary N) is 1. The van der Waals surface area contributed by atoms with Crippen LogP contribution in [0.1, 0.15) is 32.5 Å². The highest BCUT2D eigenvalue weighted by molar-refractivity contribution is 9.10. The fraction of sp³-hybridized carbons (Fsp3) is 0.385. The van der Waals surface area contributed by atoms with Gasteiger partial charge in [0.25, 0.3) is 0 Å². The molecule has 1 heterocycles. The van der Waals surface area contributed by atoms with E-state index in [0.717, 1.165) is 15.1 Å². The van der Waals surface area contributed by atoms with E-state index < -0.39 is 0 Å². The molecule has 0 unspecified atom stereocenters. The molecule has 0 aliphatic rings. The van der Waals surface area contributed by atoms with Crippen LogP contribution in [0.3, 0.4) is 0 Å². The largest absolute Gasteiger partial charge is 0.398 e. The molecule has 0 bridgehead atoms. The average molecular weight is 342 g/mol. The minimum absolute atomic E-state index is 0.120. The molecule has 0 amide bonds. The molecule has 4 nitrogen and oxygen atoms in total. The van der Waals surface area contributed by atoms with Crippen LogP contribution in [-0.2, 0) is 11.2 Å². The Morgan fingerprint density at radius 1 is 1.37 bits per heavy atom. The number of halogens is 1. The smallest absolute Gasteiger partial charge is 0.232 e. The second-order valence-corrected chi connectivity index (χ2v) is 7.17. The maximum atomic E-state index is 5.92. The van der Waals surface area contributed by atoms with E-state index in [1.807, 2.05) is 39.0 Å². The van der Waals surface area contributed by atoms with Crippen LogP contribution < -0.4 is 5.73 Å². The predicted molar refractivity (Wildman–Crippen MR) is 81.1 cm³/mol. The van der Waals surface area contributed by atoms with Gasteiger partial charge in [-0.05, 0) is 18.2 Å². The quantitative estimate of drug-likeness (QED) is 0.675. The molecule has 0 spiro atoms. The first kappa shape index (κ1) is 14.4. The van der Waals surface area contributed by atoms with Crippen LogP contribution in [-0.4, -0.2) is 10.1 Å². The van der Waals surface area contributed by atoms with Gasteiger partial charge in [-0.2, -0.15) is 4.98 Å². The molecule has 0 radical (unpaired) electrons. The number of rotatable bonds is 3. The number of hydrogen-bond acceptors (Lipinski definition) is 5. The summed E-state index contributed by atoms with van der Waals surface area (Å²) in [5, 5.41) is 3.99. The first-order valence-corrected chi connectivity index (χ1v) is 7.65. The lowest BCUT2D eigenvalue weighted by Gasteiger charge is -2.10. The zero-order chi connectivity index (χ0) is 14.0. The van der Waals surface area contributed by atoms with Crippen molar-refractivity contribution in [3.63, 3.8) is 0 Å². The number of anilines is 1. The van der Waals surface area contributed by atoms with Crippen LogP contribution in [0.4, 0.5) is 5.69 Å². The Bertz CT molecular complexity index is 578. The van der Waals surface area contributed by atoms with Crippen LogP contribution in [0, 0.1) is 0 Å². The molecule has 102 valence electrons. The normalized spacial score (nSPS) is 11.8. The van der Waals surface area contributed by atoms with Crippen molar-refractivity contribution in [2.45, 2.75) is 36.8 Å². The summed E-state index contributed by atoms with van der Waals surface area (Å²) in [6.45, 7) is 6.14. The van der Waals surface area contributed by atoms with Gasteiger partial charge in [-0.3, -0.25) is 0 Å². The van der Waals surface area contributed by atoms with Crippen molar-refractivity contribution in [1.82, 2.24) is 10.1 Å². The van der Waals surface area contributed by atoms with Gasteiger partial charge in [0.1, 0.15) is 0 Å². The highest BCUT2D eigenvalue weighted by Crippen LogP contribution is 2.30. The second kappa shape index (κ2) is 5.54. The number of nitrogens with zero attached hydrogens (tertiary/aromatic N) is 2. The molecule has 0 aliphatic heterocycles. The van der Waals surface area contributed by atoms with Crippen LogP contribution in [0.15, 0.2) is 32.1 Å². The molecular weight excluding hydrogens is 326 g/mol. The zero-order valence-corrected chi connectivity index (χ0v) is 13.5. The molecular formula is C13H16BrN3OS. The van der Waals surface area contributed by atoms with Gasteiger partial charge in [0.05, 0.1) is 5.75 Å². The summed E-state index contributed by atoms with van der Waals surface area (Å²) in [4.78, 5) is 5.41. The average Bonchev–Trinajstić information content (AvgIpc) is 2.79. The van der Waals surface area contributed by atoms with Gasteiger partial charge < -0.3 is 10.3 Å². The monoisotopic (exact) mass is 341 g/mol. The first-order chi connectivity index (χ1) is 8.86. The van der Waals surface area contributed by atoms with E-state index in [2.05, 4.69) is 26.1 Å². The topological polar surface area (TPSA) is 64.9 Å². The maximum Gasteiger partial charge on any atom is 0.232 e. The van der Waals surface area contributed by atoms with Crippen molar-refractivity contribution in [3.8, 4) is 0 Å². The predicted octanol–water partition coefficient (Wildman–Crippen LogP) is 4.00. The number of aromatic nitrogens is 2. The molecule has 0 saturated carbocycles. The van der Waals surface area contributed by atoms with Crippen molar-refractivity contribution in [1.29, 1.82) is 0 Å². The second-order valence-electron chi connectivity index (χ2n) is 5.24. The summed E-state index contributed by atoms with van der Waals surface area (Å²) in [5.74, 6) is 1.99. The molecule has 2 N–H and O–H groups in total. The molecule has 1 aromatic carbocycles. The van der Waals surface area contributed by atoms with Crippen molar-refractivity contribution >= 4 is 33.4 Å². The van der Waals surface area contributed by atoms with E-state index in [9.17, 15) is 0 Å². The molecule has 0 fully saturated rings. The van der Waals surface area contributed by atoms with E-state index in [0.29, 0.717) is 17.5 Å². The summed E-state index contributed by atoms with van der Waals surface area (Å²) in [6, 6.07) is 5.79. The summed E-state index contributed by atoms with van der Waals surface area (Å²) in [6.07, 6.45) is 0. The van der Waals surface area contributed by atoms with Gasteiger partial charge >= 0.3 is 0 Å². The van der Waals surface area contributed by atoms with Crippen molar-refractivity contribution in [3.05, 3.63) is 34.4 Å². The fourth-order valence-corrected chi connectivity index (χ4v) is 2.75. The third kappa shape index (κ3) is 3.73. The molecule has 6 heteroatoms. The lowest BCUT2D eigenvalue weighted by molar-refractivity contribution is 0.319.